The third-order valence-electron chi connectivity index (χ3n) is 7.10. The Morgan fingerprint density at radius 1 is 1.16 bits per heavy atom. The maximum absolute atomic E-state index is 11.4. The number of aliphatic hydroxyl groups excluding tert-OH is 1. The van der Waals surface area contributed by atoms with E-state index in [0.717, 1.165) is 54.5 Å². The Hall–Kier alpha value is -2.39. The predicted molar refractivity (Wildman–Crippen MR) is 139 cm³/mol. The highest BCUT2D eigenvalue weighted by Crippen LogP contribution is 2.41. The number of aromatic nitrogens is 2. The van der Waals surface area contributed by atoms with E-state index >= 15 is 0 Å². The summed E-state index contributed by atoms with van der Waals surface area (Å²) in [5, 5.41) is 11.4. The highest BCUT2D eigenvalue weighted by atomic mass is 16.3. The Kier molecular flexibility index (Phi) is 10.2. The van der Waals surface area contributed by atoms with Gasteiger partial charge in [-0.2, -0.15) is 0 Å². The summed E-state index contributed by atoms with van der Waals surface area (Å²) in [5.41, 5.74) is 6.94. The molecule has 1 saturated carbocycles. The largest absolute Gasteiger partial charge is 0.388 e. The van der Waals surface area contributed by atoms with Gasteiger partial charge in [-0.3, -0.25) is 0 Å². The molecule has 0 bridgehead atoms. The molecule has 2 aromatic rings. The SMILES string of the molecule is C=Cc1ccc(C2CCC(C(O)/C(=C(/C)C(C)CC)c3cnc[nH]3)CC2)cc1C=C.CC. The summed E-state index contributed by atoms with van der Waals surface area (Å²) in [5.74, 6) is 1.26. The van der Waals surface area contributed by atoms with Gasteiger partial charge < -0.3 is 10.1 Å². The van der Waals surface area contributed by atoms with Gasteiger partial charge in [0.25, 0.3) is 0 Å². The minimum Gasteiger partial charge on any atom is -0.388 e. The number of hydrogen-bond donors (Lipinski definition) is 2. The van der Waals surface area contributed by atoms with Crippen LogP contribution in [-0.4, -0.2) is 21.2 Å². The van der Waals surface area contributed by atoms with Crippen molar-refractivity contribution in [3.05, 3.63) is 71.8 Å². The average Bonchev–Trinajstić information content (AvgIpc) is 3.38. The second-order valence-corrected chi connectivity index (χ2v) is 8.72. The van der Waals surface area contributed by atoms with E-state index in [1.807, 2.05) is 32.2 Å². The van der Waals surface area contributed by atoms with Crippen molar-refractivity contribution in [2.45, 2.75) is 78.7 Å². The minimum absolute atomic E-state index is 0.282. The first-order valence-corrected chi connectivity index (χ1v) is 12.3. The van der Waals surface area contributed by atoms with Gasteiger partial charge in [-0.25, -0.2) is 4.98 Å². The molecule has 1 aliphatic carbocycles. The molecule has 1 heterocycles. The van der Waals surface area contributed by atoms with Crippen molar-refractivity contribution < 1.29 is 5.11 Å². The fourth-order valence-corrected chi connectivity index (χ4v) is 4.79. The van der Waals surface area contributed by atoms with E-state index in [4.69, 9.17) is 0 Å². The molecule has 1 aliphatic rings. The molecule has 1 fully saturated rings. The van der Waals surface area contributed by atoms with Crippen molar-refractivity contribution in [2.75, 3.05) is 0 Å². The van der Waals surface area contributed by atoms with E-state index in [1.165, 1.54) is 11.1 Å². The van der Waals surface area contributed by atoms with E-state index in [1.54, 1.807) is 6.33 Å². The van der Waals surface area contributed by atoms with E-state index in [2.05, 4.69) is 62.1 Å². The van der Waals surface area contributed by atoms with Crippen LogP contribution in [0.2, 0.25) is 0 Å². The summed E-state index contributed by atoms with van der Waals surface area (Å²) in [6.45, 7) is 18.4. The number of allylic oxidation sites excluding steroid dienone is 1. The number of hydrogen-bond acceptors (Lipinski definition) is 2. The summed E-state index contributed by atoms with van der Waals surface area (Å²) in [4.78, 5) is 7.43. The van der Waals surface area contributed by atoms with E-state index in [9.17, 15) is 5.11 Å². The van der Waals surface area contributed by atoms with Crippen LogP contribution in [0.15, 0.2) is 49.5 Å². The van der Waals surface area contributed by atoms with Crippen LogP contribution in [0, 0.1) is 11.8 Å². The zero-order chi connectivity index (χ0) is 23.7. The fraction of sp³-hybridized carbons (Fsp3) is 0.483. The third kappa shape index (κ3) is 5.89. The van der Waals surface area contributed by atoms with Crippen molar-refractivity contribution in [1.29, 1.82) is 0 Å². The zero-order valence-corrected chi connectivity index (χ0v) is 20.7. The molecule has 0 saturated heterocycles. The Morgan fingerprint density at radius 2 is 1.81 bits per heavy atom. The van der Waals surface area contributed by atoms with Crippen molar-refractivity contribution in [3.8, 4) is 0 Å². The molecular weight excluding hydrogens is 392 g/mol. The zero-order valence-electron chi connectivity index (χ0n) is 20.7. The molecule has 174 valence electrons. The van der Waals surface area contributed by atoms with Crippen LogP contribution in [-0.2, 0) is 0 Å². The van der Waals surface area contributed by atoms with Crippen LogP contribution in [0.3, 0.4) is 0 Å². The summed E-state index contributed by atoms with van der Waals surface area (Å²) >= 11 is 0. The number of rotatable bonds is 8. The molecule has 2 atom stereocenters. The monoisotopic (exact) mass is 434 g/mol. The normalized spacial score (nSPS) is 20.9. The number of nitrogens with zero attached hydrogens (tertiary/aromatic N) is 1. The van der Waals surface area contributed by atoms with Gasteiger partial charge in [-0.05, 0) is 73.5 Å². The lowest BCUT2D eigenvalue weighted by Crippen LogP contribution is -2.27. The molecule has 3 nitrogen and oxygen atoms in total. The van der Waals surface area contributed by atoms with Gasteiger partial charge in [0.15, 0.2) is 0 Å². The number of aliphatic hydroxyl groups is 1. The van der Waals surface area contributed by atoms with Gasteiger partial charge in [0.05, 0.1) is 24.3 Å². The molecule has 2 unspecified atom stereocenters. The fourth-order valence-electron chi connectivity index (χ4n) is 4.79. The van der Waals surface area contributed by atoms with Gasteiger partial charge in [-0.15, -0.1) is 0 Å². The topological polar surface area (TPSA) is 48.9 Å². The average molecular weight is 435 g/mol. The second-order valence-electron chi connectivity index (χ2n) is 8.72. The highest BCUT2D eigenvalue weighted by molar-refractivity contribution is 5.69. The first kappa shape index (κ1) is 25.9. The van der Waals surface area contributed by atoms with E-state index in [0.29, 0.717) is 11.8 Å². The standard InChI is InChI=1S/C27H36N2O.C2H6/c1-6-18(4)19(5)26(25-16-28-17-29-25)27(30)23-12-10-22(11-13-23)24-14-9-20(7-2)21(8-3)15-24;1-2/h7-9,14-18,22-23,27,30H,2-3,6,10-13H2,1,4-5H3,(H,28,29);1-2H3/b26-19-;. The highest BCUT2D eigenvalue weighted by Gasteiger charge is 2.31. The molecule has 0 spiro atoms. The lowest BCUT2D eigenvalue weighted by atomic mass is 9.74. The first-order chi connectivity index (χ1) is 15.5. The minimum atomic E-state index is -0.452. The first-order valence-electron chi connectivity index (χ1n) is 12.3. The van der Waals surface area contributed by atoms with Crippen LogP contribution in [0.4, 0.5) is 0 Å². The number of nitrogens with one attached hydrogen (secondary N) is 1. The number of imidazole rings is 1. The van der Waals surface area contributed by atoms with Gasteiger partial charge in [0.1, 0.15) is 0 Å². The third-order valence-corrected chi connectivity index (χ3v) is 7.10. The molecule has 1 aromatic heterocycles. The molecule has 0 amide bonds. The molecule has 2 N–H and O–H groups in total. The number of H-pyrrole nitrogens is 1. The van der Waals surface area contributed by atoms with E-state index < -0.39 is 6.10 Å². The number of aromatic amines is 1. The Morgan fingerprint density at radius 3 is 2.34 bits per heavy atom. The maximum atomic E-state index is 11.4. The Bertz CT molecular complexity index is 886. The van der Waals surface area contributed by atoms with Gasteiger partial charge in [-0.1, -0.05) is 76.8 Å². The van der Waals surface area contributed by atoms with Crippen LogP contribution < -0.4 is 0 Å². The van der Waals surface area contributed by atoms with Crippen LogP contribution >= 0.6 is 0 Å². The summed E-state index contributed by atoms with van der Waals surface area (Å²) in [7, 11) is 0. The Balaban J connectivity index is 0.00000176. The van der Waals surface area contributed by atoms with Crippen molar-refractivity contribution in [3.63, 3.8) is 0 Å². The molecular formula is C29H42N2O. The molecule has 3 heteroatoms. The van der Waals surface area contributed by atoms with Crippen LogP contribution in [0.1, 0.15) is 95.0 Å². The lowest BCUT2D eigenvalue weighted by Gasteiger charge is -2.34. The summed E-state index contributed by atoms with van der Waals surface area (Å²) in [6.07, 6.45) is 12.2. The van der Waals surface area contributed by atoms with Gasteiger partial charge in [0, 0.05) is 5.57 Å². The quantitative estimate of drug-likeness (QED) is 0.444. The molecule has 32 heavy (non-hydrogen) atoms. The smallest absolute Gasteiger partial charge is 0.0924 e. The lowest BCUT2D eigenvalue weighted by molar-refractivity contribution is 0.126. The van der Waals surface area contributed by atoms with Gasteiger partial charge >= 0.3 is 0 Å². The van der Waals surface area contributed by atoms with Crippen molar-refractivity contribution in [2.24, 2.45) is 11.8 Å². The summed E-state index contributed by atoms with van der Waals surface area (Å²) in [6, 6.07) is 6.64. The van der Waals surface area contributed by atoms with Crippen molar-refractivity contribution >= 4 is 17.7 Å². The molecule has 0 aliphatic heterocycles. The summed E-state index contributed by atoms with van der Waals surface area (Å²) < 4.78 is 0. The van der Waals surface area contributed by atoms with Gasteiger partial charge in [0.2, 0.25) is 0 Å². The molecule has 0 radical (unpaired) electrons. The molecule has 1 aromatic carbocycles. The predicted octanol–water partition coefficient (Wildman–Crippen LogP) is 7.88. The van der Waals surface area contributed by atoms with Crippen LogP contribution in [0.25, 0.3) is 17.7 Å². The maximum Gasteiger partial charge on any atom is 0.0924 e. The van der Waals surface area contributed by atoms with Crippen LogP contribution in [0.5, 0.6) is 0 Å². The van der Waals surface area contributed by atoms with E-state index in [-0.39, 0.29) is 5.92 Å². The molecule has 3 rings (SSSR count). The number of benzene rings is 1. The Labute approximate surface area is 195 Å². The van der Waals surface area contributed by atoms with Crippen molar-refractivity contribution in [1.82, 2.24) is 9.97 Å². The second kappa shape index (κ2) is 12.6.